The highest BCUT2D eigenvalue weighted by atomic mass is 19.1. The van der Waals surface area contributed by atoms with E-state index in [0.717, 1.165) is 32.7 Å². The van der Waals surface area contributed by atoms with Gasteiger partial charge >= 0.3 is 0 Å². The van der Waals surface area contributed by atoms with Crippen LogP contribution in [0.4, 0.5) is 10.1 Å². The summed E-state index contributed by atoms with van der Waals surface area (Å²) in [7, 11) is 1.61. The van der Waals surface area contributed by atoms with E-state index in [0.29, 0.717) is 18.1 Å². The number of carbonyl (C=O) groups is 1. The van der Waals surface area contributed by atoms with Gasteiger partial charge in [0.2, 0.25) is 11.8 Å². The molecule has 0 atom stereocenters. The second-order valence-electron chi connectivity index (χ2n) is 6.31. The van der Waals surface area contributed by atoms with Crippen LogP contribution in [0.25, 0.3) is 0 Å². The lowest BCUT2D eigenvalue weighted by molar-refractivity contribution is -0.117. The molecule has 26 heavy (non-hydrogen) atoms. The average Bonchev–Trinajstić information content (AvgIpc) is 2.65. The minimum Gasteiger partial charge on any atom is -0.481 e. The Labute approximate surface area is 152 Å². The molecule has 0 unspecified atom stereocenters. The Kier molecular flexibility index (Phi) is 6.14. The van der Waals surface area contributed by atoms with Crippen LogP contribution in [0.3, 0.4) is 0 Å². The second kappa shape index (κ2) is 8.73. The number of rotatable bonds is 6. The standard InChI is InChI=1S/C19H23FN4O2/c1-26-19-12-15(6-7-21-19)13-23-8-10-24(11-9-23)14-18(25)22-17-4-2-16(20)3-5-17/h2-7,12H,8-11,13-14H2,1H3,(H,22,25). The molecule has 2 heterocycles. The van der Waals surface area contributed by atoms with Gasteiger partial charge in [0, 0.05) is 50.7 Å². The first-order valence-corrected chi connectivity index (χ1v) is 8.61. The quantitative estimate of drug-likeness (QED) is 0.856. The number of piperazine rings is 1. The molecule has 2 aromatic rings. The van der Waals surface area contributed by atoms with Crippen molar-refractivity contribution in [2.24, 2.45) is 0 Å². The van der Waals surface area contributed by atoms with Crippen LogP contribution in [0.15, 0.2) is 42.6 Å². The van der Waals surface area contributed by atoms with Gasteiger partial charge in [-0.3, -0.25) is 14.6 Å². The molecule has 0 radical (unpaired) electrons. The molecule has 6 nitrogen and oxygen atoms in total. The maximum atomic E-state index is 12.9. The van der Waals surface area contributed by atoms with Crippen molar-refractivity contribution in [3.8, 4) is 5.88 Å². The van der Waals surface area contributed by atoms with E-state index in [9.17, 15) is 9.18 Å². The molecule has 0 bridgehead atoms. The molecule has 138 valence electrons. The highest BCUT2D eigenvalue weighted by Gasteiger charge is 2.19. The minimum absolute atomic E-state index is 0.0797. The fourth-order valence-electron chi connectivity index (χ4n) is 2.96. The molecular weight excluding hydrogens is 335 g/mol. The number of halogens is 1. The van der Waals surface area contributed by atoms with Crippen molar-refractivity contribution in [3.05, 3.63) is 54.0 Å². The highest BCUT2D eigenvalue weighted by Crippen LogP contribution is 2.13. The maximum Gasteiger partial charge on any atom is 0.238 e. The molecule has 1 N–H and O–H groups in total. The van der Waals surface area contributed by atoms with Gasteiger partial charge < -0.3 is 10.1 Å². The van der Waals surface area contributed by atoms with Crippen molar-refractivity contribution < 1.29 is 13.9 Å². The van der Waals surface area contributed by atoms with Crippen LogP contribution in [0.1, 0.15) is 5.56 Å². The van der Waals surface area contributed by atoms with Gasteiger partial charge in [-0.15, -0.1) is 0 Å². The summed E-state index contributed by atoms with van der Waals surface area (Å²) in [5.74, 6) is 0.230. The van der Waals surface area contributed by atoms with Gasteiger partial charge in [-0.2, -0.15) is 0 Å². The zero-order valence-electron chi connectivity index (χ0n) is 14.8. The third-order valence-corrected chi connectivity index (χ3v) is 4.37. The fourth-order valence-corrected chi connectivity index (χ4v) is 2.96. The predicted molar refractivity (Wildman–Crippen MR) is 97.5 cm³/mol. The Morgan fingerprint density at radius 1 is 1.15 bits per heavy atom. The Hall–Kier alpha value is -2.51. The smallest absolute Gasteiger partial charge is 0.238 e. The topological polar surface area (TPSA) is 57.7 Å². The normalized spacial score (nSPS) is 15.6. The van der Waals surface area contributed by atoms with Crippen LogP contribution in [0.2, 0.25) is 0 Å². The number of pyridine rings is 1. The zero-order valence-corrected chi connectivity index (χ0v) is 14.8. The van der Waals surface area contributed by atoms with Crippen molar-refractivity contribution >= 4 is 11.6 Å². The van der Waals surface area contributed by atoms with Crippen LogP contribution in [0, 0.1) is 5.82 Å². The molecule has 7 heteroatoms. The van der Waals surface area contributed by atoms with Gasteiger partial charge in [-0.1, -0.05) is 0 Å². The Morgan fingerprint density at radius 2 is 1.85 bits per heavy atom. The number of nitrogens with zero attached hydrogens (tertiary/aromatic N) is 3. The van der Waals surface area contributed by atoms with E-state index >= 15 is 0 Å². The largest absolute Gasteiger partial charge is 0.481 e. The molecule has 1 fully saturated rings. The molecule has 1 aromatic carbocycles. The number of hydrogen-bond acceptors (Lipinski definition) is 5. The van der Waals surface area contributed by atoms with Crippen LogP contribution in [-0.2, 0) is 11.3 Å². The number of ether oxygens (including phenoxy) is 1. The van der Waals surface area contributed by atoms with Gasteiger partial charge in [0.05, 0.1) is 13.7 Å². The molecule has 1 aliphatic rings. The summed E-state index contributed by atoms with van der Waals surface area (Å²) in [4.78, 5) is 20.7. The molecular formula is C19H23FN4O2. The number of anilines is 1. The Morgan fingerprint density at radius 3 is 2.54 bits per heavy atom. The minimum atomic E-state index is -0.314. The number of aromatic nitrogens is 1. The van der Waals surface area contributed by atoms with Crippen LogP contribution in [-0.4, -0.2) is 60.5 Å². The third kappa shape index (κ3) is 5.24. The van der Waals surface area contributed by atoms with E-state index in [-0.39, 0.29) is 11.7 Å². The fraction of sp³-hybridized carbons (Fsp3) is 0.368. The van der Waals surface area contributed by atoms with Gasteiger partial charge in [0.15, 0.2) is 0 Å². The van der Waals surface area contributed by atoms with Crippen molar-refractivity contribution in [3.63, 3.8) is 0 Å². The van der Waals surface area contributed by atoms with Crippen molar-refractivity contribution in [1.82, 2.24) is 14.8 Å². The summed E-state index contributed by atoms with van der Waals surface area (Å²) in [6.07, 6.45) is 1.75. The first kappa shape index (κ1) is 18.3. The summed E-state index contributed by atoms with van der Waals surface area (Å²) in [5.41, 5.74) is 1.78. The van der Waals surface area contributed by atoms with Gasteiger partial charge in [-0.25, -0.2) is 9.37 Å². The number of methoxy groups -OCH3 is 1. The van der Waals surface area contributed by atoms with E-state index < -0.39 is 0 Å². The molecule has 0 aliphatic carbocycles. The zero-order chi connectivity index (χ0) is 18.4. The van der Waals surface area contributed by atoms with Crippen molar-refractivity contribution in [2.75, 3.05) is 45.2 Å². The lowest BCUT2D eigenvalue weighted by Crippen LogP contribution is -2.48. The number of benzene rings is 1. The Bertz CT molecular complexity index is 731. The number of amides is 1. The molecule has 1 aromatic heterocycles. The Balaban J connectivity index is 1.43. The van der Waals surface area contributed by atoms with Gasteiger partial charge in [0.25, 0.3) is 0 Å². The predicted octanol–water partition coefficient (Wildman–Crippen LogP) is 1.99. The summed E-state index contributed by atoms with van der Waals surface area (Å²) in [6.45, 7) is 4.64. The lowest BCUT2D eigenvalue weighted by atomic mass is 10.2. The molecule has 1 aliphatic heterocycles. The summed E-state index contributed by atoms with van der Waals surface area (Å²) in [6, 6.07) is 9.74. The average molecular weight is 358 g/mol. The number of nitrogens with one attached hydrogen (secondary N) is 1. The summed E-state index contributed by atoms with van der Waals surface area (Å²) in [5, 5.41) is 2.80. The lowest BCUT2D eigenvalue weighted by Gasteiger charge is -2.34. The molecule has 1 amide bonds. The molecule has 0 spiro atoms. The summed E-state index contributed by atoms with van der Waals surface area (Å²) < 4.78 is 18.1. The number of carbonyl (C=O) groups excluding carboxylic acids is 1. The summed E-state index contributed by atoms with van der Waals surface area (Å²) >= 11 is 0. The first-order valence-electron chi connectivity index (χ1n) is 8.61. The van der Waals surface area contributed by atoms with E-state index in [4.69, 9.17) is 4.74 Å². The van der Waals surface area contributed by atoms with Gasteiger partial charge in [-0.05, 0) is 35.9 Å². The van der Waals surface area contributed by atoms with E-state index in [1.165, 1.54) is 17.7 Å². The molecule has 0 saturated carbocycles. The number of hydrogen-bond donors (Lipinski definition) is 1. The maximum absolute atomic E-state index is 12.9. The molecule has 3 rings (SSSR count). The van der Waals surface area contributed by atoms with E-state index in [2.05, 4.69) is 20.1 Å². The van der Waals surface area contributed by atoms with Crippen LogP contribution < -0.4 is 10.1 Å². The van der Waals surface area contributed by atoms with E-state index in [1.807, 2.05) is 12.1 Å². The van der Waals surface area contributed by atoms with Crippen molar-refractivity contribution in [2.45, 2.75) is 6.54 Å². The van der Waals surface area contributed by atoms with Crippen molar-refractivity contribution in [1.29, 1.82) is 0 Å². The highest BCUT2D eigenvalue weighted by molar-refractivity contribution is 5.92. The van der Waals surface area contributed by atoms with Gasteiger partial charge in [0.1, 0.15) is 5.82 Å². The SMILES string of the molecule is COc1cc(CN2CCN(CC(=O)Nc3ccc(F)cc3)CC2)ccn1. The first-order chi connectivity index (χ1) is 12.6. The molecule has 1 saturated heterocycles. The second-order valence-corrected chi connectivity index (χ2v) is 6.31. The monoisotopic (exact) mass is 358 g/mol. The third-order valence-electron chi connectivity index (χ3n) is 4.37. The van der Waals surface area contributed by atoms with E-state index in [1.54, 1.807) is 25.4 Å². The van der Waals surface area contributed by atoms with Crippen LogP contribution >= 0.6 is 0 Å². The van der Waals surface area contributed by atoms with Crippen LogP contribution in [0.5, 0.6) is 5.88 Å².